The van der Waals surface area contributed by atoms with Crippen LogP contribution in [0.1, 0.15) is 0 Å². The molecule has 84 valence electrons. The molecule has 2 heteroatoms. The fourth-order valence-electron chi connectivity index (χ4n) is 0.321. The van der Waals surface area contributed by atoms with Gasteiger partial charge in [0.25, 0.3) is 0 Å². The molecular weight excluding hydrogens is 196 g/mol. The van der Waals surface area contributed by atoms with E-state index in [1.807, 2.05) is 30.3 Å². The SMILES string of the molecule is CO.[CH3-].[CH3-].[CH3-].[CH3-].[CH3-].[Ti].c1cc[cH-]c1. The first-order valence-corrected chi connectivity index (χ1v) is 2.11. The average molecular weight is 220 g/mol. The maximum Gasteiger partial charge on any atom is 0.0319 e. The molecule has 1 rings (SSSR count). The molecule has 0 atom stereocenters. The van der Waals surface area contributed by atoms with Gasteiger partial charge in [-0.1, -0.05) is 0 Å². The minimum absolute atomic E-state index is 0. The van der Waals surface area contributed by atoms with Gasteiger partial charge in [0.15, 0.2) is 0 Å². The van der Waals surface area contributed by atoms with Gasteiger partial charge < -0.3 is 42.2 Å². The van der Waals surface area contributed by atoms with Gasteiger partial charge in [0.05, 0.1) is 0 Å². The number of aliphatic hydroxyl groups is 1. The Balaban J connectivity index is -0.00000000859. The molecule has 13 heavy (non-hydrogen) atoms. The van der Waals surface area contributed by atoms with E-state index in [1.54, 1.807) is 0 Å². The smallest absolute Gasteiger partial charge is 0.0319 e. The second kappa shape index (κ2) is 57.9. The molecule has 0 aliphatic heterocycles. The molecule has 0 amide bonds. The van der Waals surface area contributed by atoms with Gasteiger partial charge in [-0.05, 0) is 0 Å². The summed E-state index contributed by atoms with van der Waals surface area (Å²) >= 11 is 0. The van der Waals surface area contributed by atoms with Crippen LogP contribution < -0.4 is 0 Å². The summed E-state index contributed by atoms with van der Waals surface area (Å²) in [6.07, 6.45) is 0. The molecule has 0 aliphatic carbocycles. The molecule has 0 spiro atoms. The van der Waals surface area contributed by atoms with Crippen LogP contribution in [-0.4, -0.2) is 12.2 Å². The Hall–Kier alpha value is 0.0243. The molecule has 0 saturated heterocycles. The maximum absolute atomic E-state index is 7.00. The van der Waals surface area contributed by atoms with Gasteiger partial charge in [0, 0.05) is 28.8 Å². The van der Waals surface area contributed by atoms with Gasteiger partial charge in [-0.15, -0.1) is 0 Å². The molecule has 1 aromatic rings. The van der Waals surface area contributed by atoms with Crippen LogP contribution in [0.3, 0.4) is 0 Å². The van der Waals surface area contributed by atoms with E-state index in [2.05, 4.69) is 0 Å². The predicted octanol–water partition coefficient (Wildman–Crippen LogP) is 3.26. The van der Waals surface area contributed by atoms with E-state index in [0.29, 0.717) is 0 Å². The quantitative estimate of drug-likeness (QED) is 0.525. The van der Waals surface area contributed by atoms with Crippen molar-refractivity contribution >= 4 is 0 Å². The van der Waals surface area contributed by atoms with Crippen LogP contribution in [0.4, 0.5) is 0 Å². The Kier molecular flexibility index (Phi) is 231. The van der Waals surface area contributed by atoms with Crippen molar-refractivity contribution in [1.82, 2.24) is 0 Å². The summed E-state index contributed by atoms with van der Waals surface area (Å²) in [4.78, 5) is 0. The van der Waals surface area contributed by atoms with Gasteiger partial charge in [-0.2, -0.15) is 18.2 Å². The Morgan fingerprint density at radius 3 is 1.08 bits per heavy atom. The van der Waals surface area contributed by atoms with Crippen LogP contribution in [0, 0.1) is 37.1 Å². The number of aliphatic hydroxyl groups excluding tert-OH is 1. The average Bonchev–Trinajstić information content (AvgIpc) is 2.23. The van der Waals surface area contributed by atoms with Crippen LogP contribution in [0.5, 0.6) is 0 Å². The summed E-state index contributed by atoms with van der Waals surface area (Å²) < 4.78 is 0. The van der Waals surface area contributed by atoms with Crippen molar-refractivity contribution in [2.24, 2.45) is 0 Å². The predicted molar refractivity (Wildman–Crippen MR) is 62.2 cm³/mol. The van der Waals surface area contributed by atoms with Crippen LogP contribution in [0.15, 0.2) is 30.3 Å². The molecule has 1 nitrogen and oxygen atoms in total. The topological polar surface area (TPSA) is 20.2 Å². The largest absolute Gasteiger partial charge is 0.400 e. The van der Waals surface area contributed by atoms with Gasteiger partial charge in [-0.25, -0.2) is 12.1 Å². The molecule has 0 radical (unpaired) electrons. The second-order valence-corrected chi connectivity index (χ2v) is 0.962. The molecule has 0 saturated carbocycles. The third-order valence-electron chi connectivity index (χ3n) is 0.556. The summed E-state index contributed by atoms with van der Waals surface area (Å²) in [6.45, 7) is 0. The van der Waals surface area contributed by atoms with Crippen LogP contribution >= 0.6 is 0 Å². The van der Waals surface area contributed by atoms with E-state index in [4.69, 9.17) is 5.11 Å². The molecule has 0 aliphatic rings. The van der Waals surface area contributed by atoms with Crippen LogP contribution in [-0.2, 0) is 21.7 Å². The van der Waals surface area contributed by atoms with Gasteiger partial charge in [-0.3, -0.25) is 0 Å². The molecule has 0 heterocycles. The van der Waals surface area contributed by atoms with E-state index < -0.39 is 0 Å². The first-order chi connectivity index (χ1) is 3.50. The van der Waals surface area contributed by atoms with E-state index in [1.165, 1.54) is 0 Å². The normalized spacial score (nSPS) is 3.54. The Morgan fingerprint density at radius 1 is 0.769 bits per heavy atom. The van der Waals surface area contributed by atoms with Crippen LogP contribution in [0.25, 0.3) is 0 Å². The molecule has 0 aromatic heterocycles. The first kappa shape index (κ1) is 51.9. The van der Waals surface area contributed by atoms with E-state index in [0.717, 1.165) is 7.11 Å². The number of hydrogen-bond donors (Lipinski definition) is 1. The molecule has 1 N–H and O–H groups in total. The zero-order valence-electron chi connectivity index (χ0n) is 9.83. The summed E-state index contributed by atoms with van der Waals surface area (Å²) in [6, 6.07) is 10.0. The van der Waals surface area contributed by atoms with E-state index >= 15 is 0 Å². The fourth-order valence-corrected chi connectivity index (χ4v) is 0.321. The summed E-state index contributed by atoms with van der Waals surface area (Å²) in [7, 11) is 1.00. The van der Waals surface area contributed by atoms with Gasteiger partial charge in [0.2, 0.25) is 0 Å². The third-order valence-corrected chi connectivity index (χ3v) is 0.556. The molecule has 0 unspecified atom stereocenters. The van der Waals surface area contributed by atoms with Gasteiger partial charge >= 0.3 is 0 Å². The summed E-state index contributed by atoms with van der Waals surface area (Å²) in [5.41, 5.74) is 0. The number of hydrogen-bond acceptors (Lipinski definition) is 1. The van der Waals surface area contributed by atoms with Crippen molar-refractivity contribution in [2.75, 3.05) is 7.11 Å². The maximum atomic E-state index is 7.00. The summed E-state index contributed by atoms with van der Waals surface area (Å²) in [5, 5.41) is 7.00. The first-order valence-electron chi connectivity index (χ1n) is 2.11. The molecule has 0 bridgehead atoms. The van der Waals surface area contributed by atoms with E-state index in [9.17, 15) is 0 Å². The van der Waals surface area contributed by atoms with Crippen molar-refractivity contribution in [1.29, 1.82) is 0 Å². The molecule has 0 fully saturated rings. The van der Waals surface area contributed by atoms with Gasteiger partial charge in [0.1, 0.15) is 0 Å². The minimum atomic E-state index is 0. The summed E-state index contributed by atoms with van der Waals surface area (Å²) in [5.74, 6) is 0. The minimum Gasteiger partial charge on any atom is -0.400 e. The zero-order valence-corrected chi connectivity index (χ0v) is 11.4. The van der Waals surface area contributed by atoms with Crippen molar-refractivity contribution in [3.63, 3.8) is 0 Å². The van der Waals surface area contributed by atoms with Crippen molar-refractivity contribution < 1.29 is 26.8 Å². The Bertz CT molecular complexity index is 66.6. The monoisotopic (exact) mass is 220 g/mol. The third kappa shape index (κ3) is 47.9. The fraction of sp³-hybridized carbons (Fsp3) is 0.0909. The number of rotatable bonds is 0. The van der Waals surface area contributed by atoms with Crippen molar-refractivity contribution in [3.05, 3.63) is 67.5 Å². The van der Waals surface area contributed by atoms with E-state index in [-0.39, 0.29) is 58.9 Å². The van der Waals surface area contributed by atoms with Crippen LogP contribution in [0.2, 0.25) is 0 Å². The Morgan fingerprint density at radius 2 is 1.00 bits per heavy atom. The van der Waals surface area contributed by atoms with Crippen molar-refractivity contribution in [3.8, 4) is 0 Å². The molecular formula is C11H24OTi-6. The molecule has 1 aromatic carbocycles. The zero-order chi connectivity index (χ0) is 5.54. The second-order valence-electron chi connectivity index (χ2n) is 0.962. The Labute approximate surface area is 101 Å². The van der Waals surface area contributed by atoms with Crippen molar-refractivity contribution in [2.45, 2.75) is 0 Å². The standard InChI is InChI=1S/C5H5.CH4O.5CH3.Ti/c1-2-4-5-3-1;1-2;;;;;;/h1-5H;2H,1H3;5*1H3;/q-1;;5*-1;.